The third-order valence-electron chi connectivity index (χ3n) is 3.38. The van der Waals surface area contributed by atoms with Crippen LogP contribution in [-0.4, -0.2) is 33.2 Å². The van der Waals surface area contributed by atoms with Crippen molar-refractivity contribution in [3.8, 4) is 11.4 Å². The number of aromatic nitrogens is 3. The first-order valence-corrected chi connectivity index (χ1v) is 8.17. The molecule has 3 rings (SSSR count). The van der Waals surface area contributed by atoms with Gasteiger partial charge in [-0.2, -0.15) is 0 Å². The number of carbonyl (C=O) groups is 1. The molecule has 7 heteroatoms. The minimum atomic E-state index is -1.09. The van der Waals surface area contributed by atoms with Crippen LogP contribution < -0.4 is 4.74 Å². The maximum Gasteiger partial charge on any atom is 0.358 e. The topological polar surface area (TPSA) is 77.2 Å². The molecule has 0 radical (unpaired) electrons. The van der Waals surface area contributed by atoms with Crippen LogP contribution in [-0.2, 0) is 5.75 Å². The van der Waals surface area contributed by atoms with Crippen LogP contribution in [0.4, 0.5) is 0 Å². The molecule has 24 heavy (non-hydrogen) atoms. The maximum atomic E-state index is 11.5. The summed E-state index contributed by atoms with van der Waals surface area (Å²) in [5.74, 6) is 0.0184. The van der Waals surface area contributed by atoms with Gasteiger partial charge in [0.15, 0.2) is 5.69 Å². The lowest BCUT2D eigenvalue weighted by molar-refractivity contribution is 0.0689. The van der Waals surface area contributed by atoms with Crippen molar-refractivity contribution >= 4 is 17.7 Å². The summed E-state index contributed by atoms with van der Waals surface area (Å²) >= 11 is 1.53. The molecular formula is C17H15N3O3S. The molecule has 0 aliphatic rings. The first-order chi connectivity index (χ1) is 11.7. The molecule has 1 heterocycles. The Morgan fingerprint density at radius 1 is 1.21 bits per heavy atom. The molecule has 0 aliphatic heterocycles. The van der Waals surface area contributed by atoms with Gasteiger partial charge in [0.2, 0.25) is 0 Å². The molecule has 0 unspecified atom stereocenters. The van der Waals surface area contributed by atoms with E-state index in [1.54, 1.807) is 17.9 Å². The summed E-state index contributed by atoms with van der Waals surface area (Å²) < 4.78 is 6.76. The summed E-state index contributed by atoms with van der Waals surface area (Å²) in [5.41, 5.74) is 1.20. The van der Waals surface area contributed by atoms with Crippen molar-refractivity contribution in [3.63, 3.8) is 0 Å². The Morgan fingerprint density at radius 3 is 2.71 bits per heavy atom. The number of aromatic carboxylic acids is 1. The van der Waals surface area contributed by atoms with Crippen LogP contribution in [0.1, 0.15) is 16.2 Å². The van der Waals surface area contributed by atoms with Crippen molar-refractivity contribution in [2.24, 2.45) is 0 Å². The molecule has 3 aromatic rings. The van der Waals surface area contributed by atoms with Gasteiger partial charge in [0.05, 0.1) is 18.5 Å². The molecular weight excluding hydrogens is 326 g/mol. The van der Waals surface area contributed by atoms with Crippen LogP contribution in [0.3, 0.4) is 0 Å². The molecule has 0 spiro atoms. The van der Waals surface area contributed by atoms with Crippen molar-refractivity contribution in [3.05, 3.63) is 66.0 Å². The second-order valence-electron chi connectivity index (χ2n) is 4.90. The fourth-order valence-electron chi connectivity index (χ4n) is 2.22. The van der Waals surface area contributed by atoms with Gasteiger partial charge in [0.1, 0.15) is 5.75 Å². The van der Waals surface area contributed by atoms with E-state index in [0.29, 0.717) is 22.9 Å². The minimum Gasteiger partial charge on any atom is -0.497 e. The number of ether oxygens (including phenoxy) is 1. The molecule has 1 aromatic heterocycles. The number of hydrogen-bond donors (Lipinski definition) is 1. The van der Waals surface area contributed by atoms with E-state index in [4.69, 9.17) is 4.74 Å². The van der Waals surface area contributed by atoms with E-state index in [2.05, 4.69) is 10.3 Å². The van der Waals surface area contributed by atoms with E-state index in [1.807, 2.05) is 48.5 Å². The highest BCUT2D eigenvalue weighted by atomic mass is 32.2. The Bertz CT molecular complexity index is 849. The van der Waals surface area contributed by atoms with Gasteiger partial charge >= 0.3 is 5.97 Å². The van der Waals surface area contributed by atoms with E-state index >= 15 is 0 Å². The largest absolute Gasteiger partial charge is 0.497 e. The van der Waals surface area contributed by atoms with Gasteiger partial charge in [-0.3, -0.25) is 0 Å². The molecule has 0 atom stereocenters. The monoisotopic (exact) mass is 341 g/mol. The highest BCUT2D eigenvalue weighted by Crippen LogP contribution is 2.26. The Balaban J connectivity index is 1.96. The van der Waals surface area contributed by atoms with Crippen LogP contribution in [0.15, 0.2) is 59.5 Å². The van der Waals surface area contributed by atoms with Crippen molar-refractivity contribution < 1.29 is 14.6 Å². The average Bonchev–Trinajstić information content (AvgIpc) is 3.05. The lowest BCUT2D eigenvalue weighted by Crippen LogP contribution is -2.06. The van der Waals surface area contributed by atoms with E-state index in [9.17, 15) is 9.90 Å². The summed E-state index contributed by atoms with van der Waals surface area (Å²) in [4.78, 5) is 12.5. The second-order valence-corrected chi connectivity index (χ2v) is 5.95. The molecule has 0 fully saturated rings. The molecule has 2 aromatic carbocycles. The Kier molecular flexibility index (Phi) is 4.81. The molecule has 0 bridgehead atoms. The zero-order valence-corrected chi connectivity index (χ0v) is 13.7. The van der Waals surface area contributed by atoms with Gasteiger partial charge in [0.25, 0.3) is 0 Å². The molecule has 6 nitrogen and oxygen atoms in total. The Morgan fingerprint density at radius 2 is 2.00 bits per heavy atom. The van der Waals surface area contributed by atoms with Crippen molar-refractivity contribution in [1.29, 1.82) is 0 Å². The molecule has 0 saturated heterocycles. The number of carboxylic acid groups (broad SMARTS) is 1. The molecule has 1 N–H and O–H groups in total. The van der Waals surface area contributed by atoms with Crippen LogP contribution in [0.25, 0.3) is 5.69 Å². The van der Waals surface area contributed by atoms with E-state index < -0.39 is 5.97 Å². The summed E-state index contributed by atoms with van der Waals surface area (Å²) in [6, 6.07) is 17.0. The van der Waals surface area contributed by atoms with Crippen LogP contribution in [0.5, 0.6) is 5.75 Å². The number of carboxylic acids is 1. The van der Waals surface area contributed by atoms with E-state index in [0.717, 1.165) is 4.90 Å². The molecule has 122 valence electrons. The van der Waals surface area contributed by atoms with Crippen LogP contribution in [0.2, 0.25) is 0 Å². The average molecular weight is 341 g/mol. The fourth-order valence-corrected chi connectivity index (χ4v) is 3.13. The Labute approximate surface area is 143 Å². The summed E-state index contributed by atoms with van der Waals surface area (Å²) in [6.45, 7) is 0. The number of hydrogen-bond acceptors (Lipinski definition) is 5. The minimum absolute atomic E-state index is 0.0405. The van der Waals surface area contributed by atoms with Crippen molar-refractivity contribution in [1.82, 2.24) is 15.0 Å². The number of thioether (sulfide) groups is 1. The third kappa shape index (κ3) is 3.41. The van der Waals surface area contributed by atoms with Gasteiger partial charge in [-0.15, -0.1) is 16.9 Å². The summed E-state index contributed by atoms with van der Waals surface area (Å²) in [7, 11) is 1.58. The van der Waals surface area contributed by atoms with Gasteiger partial charge < -0.3 is 9.84 Å². The first-order valence-electron chi connectivity index (χ1n) is 7.19. The zero-order valence-electron chi connectivity index (χ0n) is 12.9. The van der Waals surface area contributed by atoms with Crippen LogP contribution >= 0.6 is 11.8 Å². The lowest BCUT2D eigenvalue weighted by Gasteiger charge is -2.08. The van der Waals surface area contributed by atoms with Gasteiger partial charge in [0, 0.05) is 16.7 Å². The third-order valence-corrected chi connectivity index (χ3v) is 4.41. The van der Waals surface area contributed by atoms with Gasteiger partial charge in [-0.05, 0) is 24.3 Å². The first kappa shape index (κ1) is 16.1. The van der Waals surface area contributed by atoms with E-state index in [-0.39, 0.29) is 5.69 Å². The predicted molar refractivity (Wildman–Crippen MR) is 90.9 cm³/mol. The second kappa shape index (κ2) is 7.18. The quantitative estimate of drug-likeness (QED) is 0.694. The highest BCUT2D eigenvalue weighted by molar-refractivity contribution is 7.98. The molecule has 0 aliphatic carbocycles. The predicted octanol–water partition coefficient (Wildman–Crippen LogP) is 3.27. The number of benzene rings is 2. The van der Waals surface area contributed by atoms with E-state index in [1.165, 1.54) is 11.8 Å². The summed E-state index contributed by atoms with van der Waals surface area (Å²) in [5, 5.41) is 17.2. The normalized spacial score (nSPS) is 10.5. The highest BCUT2D eigenvalue weighted by Gasteiger charge is 2.20. The fraction of sp³-hybridized carbons (Fsp3) is 0.118. The number of nitrogens with zero attached hydrogens (tertiary/aromatic N) is 3. The van der Waals surface area contributed by atoms with Gasteiger partial charge in [-0.1, -0.05) is 29.5 Å². The summed E-state index contributed by atoms with van der Waals surface area (Å²) in [6.07, 6.45) is 0. The zero-order chi connectivity index (χ0) is 16.9. The molecule has 0 amide bonds. The SMILES string of the molecule is COc1cccc(-n2nnc(C(=O)O)c2CSc2ccccc2)c1. The smallest absolute Gasteiger partial charge is 0.358 e. The maximum absolute atomic E-state index is 11.5. The van der Waals surface area contributed by atoms with Crippen molar-refractivity contribution in [2.45, 2.75) is 10.6 Å². The number of methoxy groups -OCH3 is 1. The molecule has 0 saturated carbocycles. The standard InChI is InChI=1S/C17H15N3O3S/c1-23-13-7-5-6-12(10-13)20-15(16(17(21)22)18-19-20)11-24-14-8-3-2-4-9-14/h2-10H,11H2,1H3,(H,21,22). The lowest BCUT2D eigenvalue weighted by atomic mass is 10.3. The number of rotatable bonds is 6. The van der Waals surface area contributed by atoms with Gasteiger partial charge in [-0.25, -0.2) is 9.48 Å². The van der Waals surface area contributed by atoms with Crippen molar-refractivity contribution in [2.75, 3.05) is 7.11 Å². The Hall–Kier alpha value is -2.80. The van der Waals surface area contributed by atoms with Crippen LogP contribution in [0, 0.1) is 0 Å².